The first-order chi connectivity index (χ1) is 9.15. The van der Waals surface area contributed by atoms with Crippen LogP contribution in [0.15, 0.2) is 24.3 Å². The molecule has 1 saturated carbocycles. The molecule has 0 aliphatic heterocycles. The van der Waals surface area contributed by atoms with E-state index in [-0.39, 0.29) is 5.56 Å². The first kappa shape index (κ1) is 14.4. The monoisotopic (exact) mass is 267 g/mol. The van der Waals surface area contributed by atoms with Crippen molar-refractivity contribution in [3.63, 3.8) is 0 Å². The molecule has 1 aliphatic rings. The Balaban J connectivity index is 1.87. The van der Waals surface area contributed by atoms with Crippen LogP contribution in [0.5, 0.6) is 0 Å². The molecular weight excluding hydrogens is 244 g/mol. The van der Waals surface area contributed by atoms with Gasteiger partial charge in [-0.2, -0.15) is 0 Å². The van der Waals surface area contributed by atoms with E-state index in [1.165, 1.54) is 38.2 Å². The molecule has 3 heteroatoms. The van der Waals surface area contributed by atoms with Crippen LogP contribution in [-0.4, -0.2) is 6.54 Å². The lowest BCUT2D eigenvalue weighted by atomic mass is 9.83. The predicted octanol–water partition coefficient (Wildman–Crippen LogP) is 4.68. The highest BCUT2D eigenvalue weighted by Gasteiger charge is 2.31. The number of hydrogen-bond acceptors (Lipinski definition) is 1. The van der Waals surface area contributed by atoms with Crippen molar-refractivity contribution < 1.29 is 8.78 Å². The van der Waals surface area contributed by atoms with Crippen LogP contribution in [0.4, 0.5) is 8.78 Å². The minimum absolute atomic E-state index is 0.116. The van der Waals surface area contributed by atoms with Gasteiger partial charge < -0.3 is 5.32 Å². The topological polar surface area (TPSA) is 12.0 Å². The van der Waals surface area contributed by atoms with E-state index in [4.69, 9.17) is 0 Å². The van der Waals surface area contributed by atoms with Crippen molar-refractivity contribution in [1.29, 1.82) is 0 Å². The second-order valence-electron chi connectivity index (χ2n) is 5.71. The second kappa shape index (κ2) is 6.47. The van der Waals surface area contributed by atoms with Crippen molar-refractivity contribution in [2.75, 3.05) is 6.54 Å². The van der Waals surface area contributed by atoms with Crippen LogP contribution < -0.4 is 5.32 Å². The largest absolute Gasteiger partial charge is 0.312 e. The lowest BCUT2D eigenvalue weighted by molar-refractivity contribution is 0.151. The highest BCUT2D eigenvalue weighted by molar-refractivity contribution is 5.24. The van der Waals surface area contributed by atoms with Gasteiger partial charge in [-0.25, -0.2) is 8.78 Å². The van der Waals surface area contributed by atoms with Crippen molar-refractivity contribution in [2.45, 2.75) is 52.0 Å². The van der Waals surface area contributed by atoms with Crippen molar-refractivity contribution in [1.82, 2.24) is 5.32 Å². The van der Waals surface area contributed by atoms with Gasteiger partial charge in [-0.15, -0.1) is 0 Å². The number of benzene rings is 1. The summed E-state index contributed by atoms with van der Waals surface area (Å²) in [6.45, 7) is 3.94. The summed E-state index contributed by atoms with van der Waals surface area (Å²) < 4.78 is 25.2. The van der Waals surface area contributed by atoms with Gasteiger partial charge in [0, 0.05) is 18.7 Å². The van der Waals surface area contributed by atoms with Crippen LogP contribution in [0.25, 0.3) is 0 Å². The number of halogens is 2. The maximum atomic E-state index is 12.6. The number of nitrogens with one attached hydrogen (secondary N) is 1. The SMILES string of the molecule is CCC1(CNCc2cccc(C(F)F)c2)CCCC1. The molecule has 0 bridgehead atoms. The summed E-state index contributed by atoms with van der Waals surface area (Å²) in [7, 11) is 0. The summed E-state index contributed by atoms with van der Waals surface area (Å²) in [6.07, 6.45) is 4.09. The zero-order chi connectivity index (χ0) is 13.7. The Morgan fingerprint density at radius 2 is 2.00 bits per heavy atom. The third kappa shape index (κ3) is 3.75. The van der Waals surface area contributed by atoms with E-state index >= 15 is 0 Å². The van der Waals surface area contributed by atoms with Gasteiger partial charge in [0.1, 0.15) is 0 Å². The Morgan fingerprint density at radius 3 is 2.63 bits per heavy atom. The summed E-state index contributed by atoms with van der Waals surface area (Å²) in [5, 5.41) is 3.46. The van der Waals surface area contributed by atoms with Gasteiger partial charge in [-0.3, -0.25) is 0 Å². The number of alkyl halides is 2. The Morgan fingerprint density at radius 1 is 1.26 bits per heavy atom. The molecule has 0 saturated heterocycles. The third-order valence-corrected chi connectivity index (χ3v) is 4.45. The highest BCUT2D eigenvalue weighted by Crippen LogP contribution is 2.40. The maximum absolute atomic E-state index is 12.6. The minimum Gasteiger partial charge on any atom is -0.312 e. The number of hydrogen-bond donors (Lipinski definition) is 1. The van der Waals surface area contributed by atoms with Gasteiger partial charge in [-0.05, 0) is 36.3 Å². The first-order valence-corrected chi connectivity index (χ1v) is 7.23. The van der Waals surface area contributed by atoms with E-state index in [9.17, 15) is 8.78 Å². The Kier molecular flexibility index (Phi) is 4.92. The van der Waals surface area contributed by atoms with Gasteiger partial charge in [0.15, 0.2) is 0 Å². The highest BCUT2D eigenvalue weighted by atomic mass is 19.3. The zero-order valence-corrected chi connectivity index (χ0v) is 11.6. The zero-order valence-electron chi connectivity index (χ0n) is 11.6. The van der Waals surface area contributed by atoms with Crippen LogP contribution in [-0.2, 0) is 6.54 Å². The van der Waals surface area contributed by atoms with E-state index < -0.39 is 6.43 Å². The van der Waals surface area contributed by atoms with Crippen LogP contribution >= 0.6 is 0 Å². The first-order valence-electron chi connectivity index (χ1n) is 7.23. The Labute approximate surface area is 114 Å². The smallest absolute Gasteiger partial charge is 0.263 e. The van der Waals surface area contributed by atoms with Crippen LogP contribution in [0.1, 0.15) is 56.6 Å². The van der Waals surface area contributed by atoms with Crippen molar-refractivity contribution >= 4 is 0 Å². The average Bonchev–Trinajstić information content (AvgIpc) is 2.88. The molecule has 0 spiro atoms. The van der Waals surface area contributed by atoms with E-state index in [2.05, 4.69) is 12.2 Å². The van der Waals surface area contributed by atoms with Crippen LogP contribution in [0.3, 0.4) is 0 Å². The Hall–Kier alpha value is -0.960. The molecule has 19 heavy (non-hydrogen) atoms. The fraction of sp³-hybridized carbons (Fsp3) is 0.625. The molecule has 1 nitrogen and oxygen atoms in total. The molecule has 1 N–H and O–H groups in total. The minimum atomic E-state index is -2.38. The van der Waals surface area contributed by atoms with Gasteiger partial charge in [0.2, 0.25) is 0 Å². The Bertz CT molecular complexity index is 397. The van der Waals surface area contributed by atoms with Crippen LogP contribution in [0.2, 0.25) is 0 Å². The van der Waals surface area contributed by atoms with E-state index in [1.54, 1.807) is 12.1 Å². The van der Waals surface area contributed by atoms with Crippen molar-refractivity contribution in [3.8, 4) is 0 Å². The molecule has 1 aliphatic carbocycles. The molecular formula is C16H23F2N. The molecule has 0 amide bonds. The molecule has 2 rings (SSSR count). The molecule has 106 valence electrons. The normalized spacial score (nSPS) is 18.1. The molecule has 0 atom stereocenters. The summed E-state index contributed by atoms with van der Waals surface area (Å²) >= 11 is 0. The van der Waals surface area contributed by atoms with E-state index in [0.29, 0.717) is 12.0 Å². The fourth-order valence-corrected chi connectivity index (χ4v) is 3.09. The third-order valence-electron chi connectivity index (χ3n) is 4.45. The average molecular weight is 267 g/mol. The van der Waals surface area contributed by atoms with Gasteiger partial charge >= 0.3 is 0 Å². The number of rotatable bonds is 6. The molecule has 0 aromatic heterocycles. The molecule has 1 fully saturated rings. The van der Waals surface area contributed by atoms with Crippen molar-refractivity contribution in [3.05, 3.63) is 35.4 Å². The summed E-state index contributed by atoms with van der Waals surface area (Å²) in [5.74, 6) is 0. The molecule has 1 aromatic rings. The lowest BCUT2D eigenvalue weighted by Gasteiger charge is -2.27. The standard InChI is InChI=1S/C16H23F2N/c1-2-16(8-3-4-9-16)12-19-11-13-6-5-7-14(10-13)15(17)18/h5-7,10,15,19H,2-4,8-9,11-12H2,1H3. The summed E-state index contributed by atoms with van der Waals surface area (Å²) in [5.41, 5.74) is 1.51. The fourth-order valence-electron chi connectivity index (χ4n) is 3.09. The predicted molar refractivity (Wildman–Crippen MR) is 74.3 cm³/mol. The molecule has 1 aromatic carbocycles. The van der Waals surface area contributed by atoms with Gasteiger partial charge in [0.05, 0.1) is 0 Å². The van der Waals surface area contributed by atoms with Gasteiger partial charge in [-0.1, -0.05) is 38.0 Å². The summed E-state index contributed by atoms with van der Waals surface area (Å²) in [4.78, 5) is 0. The quantitative estimate of drug-likeness (QED) is 0.788. The van der Waals surface area contributed by atoms with Gasteiger partial charge in [0.25, 0.3) is 6.43 Å². The van der Waals surface area contributed by atoms with Crippen LogP contribution in [0, 0.1) is 5.41 Å². The van der Waals surface area contributed by atoms with Crippen molar-refractivity contribution in [2.24, 2.45) is 5.41 Å². The lowest BCUT2D eigenvalue weighted by Crippen LogP contribution is -2.31. The second-order valence-corrected chi connectivity index (χ2v) is 5.71. The molecule has 0 radical (unpaired) electrons. The maximum Gasteiger partial charge on any atom is 0.263 e. The van der Waals surface area contributed by atoms with E-state index in [0.717, 1.165) is 12.1 Å². The molecule has 0 unspecified atom stereocenters. The molecule has 0 heterocycles. The summed E-state index contributed by atoms with van der Waals surface area (Å²) in [6, 6.07) is 6.71. The van der Waals surface area contributed by atoms with E-state index in [1.807, 2.05) is 6.07 Å².